The van der Waals surface area contributed by atoms with Gasteiger partial charge >= 0.3 is 0 Å². The summed E-state index contributed by atoms with van der Waals surface area (Å²) < 4.78 is 28.4. The maximum Gasteiger partial charge on any atom is 0.260 e. The Labute approximate surface area is 157 Å². The molecule has 1 aromatic heterocycles. The number of hydrogen-bond donors (Lipinski definition) is 1. The lowest BCUT2D eigenvalue weighted by atomic mass is 9.86. The SMILES string of the molecule is O=C(C1[C@H]2CCCC[C@@H]12)N1CCC[C@H]([C@@H]2C[C@H](C(F)F)n3ncnc3N2)C1. The number of alkyl halides is 2. The molecule has 4 aliphatic rings. The third kappa shape index (κ3) is 3.01. The minimum absolute atomic E-state index is 0.0854. The highest BCUT2D eigenvalue weighted by molar-refractivity contribution is 5.82. The highest BCUT2D eigenvalue weighted by Gasteiger charge is 2.56. The molecule has 6 atom stereocenters. The summed E-state index contributed by atoms with van der Waals surface area (Å²) >= 11 is 0. The van der Waals surface area contributed by atoms with E-state index in [2.05, 4.69) is 15.4 Å². The number of amides is 1. The number of halogens is 2. The zero-order valence-electron chi connectivity index (χ0n) is 15.4. The summed E-state index contributed by atoms with van der Waals surface area (Å²) in [6.45, 7) is 1.49. The molecule has 148 valence electrons. The number of piperidine rings is 1. The van der Waals surface area contributed by atoms with Crippen molar-refractivity contribution in [2.45, 2.75) is 63.5 Å². The van der Waals surface area contributed by atoms with E-state index >= 15 is 0 Å². The van der Waals surface area contributed by atoms with Crippen molar-refractivity contribution < 1.29 is 13.6 Å². The summed E-state index contributed by atoms with van der Waals surface area (Å²) in [5, 5.41) is 7.26. The maximum atomic E-state index is 13.5. The van der Waals surface area contributed by atoms with E-state index in [1.165, 1.54) is 36.7 Å². The Morgan fingerprint density at radius 2 is 1.96 bits per heavy atom. The van der Waals surface area contributed by atoms with Crippen molar-refractivity contribution >= 4 is 11.9 Å². The zero-order valence-corrected chi connectivity index (χ0v) is 15.4. The molecule has 6 nitrogen and oxygen atoms in total. The van der Waals surface area contributed by atoms with Crippen LogP contribution in [0.4, 0.5) is 14.7 Å². The van der Waals surface area contributed by atoms with Crippen LogP contribution in [0.15, 0.2) is 6.33 Å². The summed E-state index contributed by atoms with van der Waals surface area (Å²) in [7, 11) is 0. The third-order valence-electron chi connectivity index (χ3n) is 7.27. The largest absolute Gasteiger partial charge is 0.351 e. The highest BCUT2D eigenvalue weighted by Crippen LogP contribution is 2.56. The van der Waals surface area contributed by atoms with Crippen molar-refractivity contribution in [3.8, 4) is 0 Å². The van der Waals surface area contributed by atoms with E-state index in [-0.39, 0.29) is 17.9 Å². The monoisotopic (exact) mass is 379 g/mol. The average Bonchev–Trinajstić information content (AvgIpc) is 3.22. The van der Waals surface area contributed by atoms with Crippen LogP contribution < -0.4 is 5.32 Å². The number of likely N-dealkylation sites (tertiary alicyclic amines) is 1. The lowest BCUT2D eigenvalue weighted by Gasteiger charge is -2.40. The number of aromatic nitrogens is 3. The summed E-state index contributed by atoms with van der Waals surface area (Å²) in [6.07, 6.45) is 6.02. The molecule has 0 spiro atoms. The molecule has 0 radical (unpaired) electrons. The Bertz CT molecular complexity index is 698. The van der Waals surface area contributed by atoms with Gasteiger partial charge in [0.2, 0.25) is 11.9 Å². The summed E-state index contributed by atoms with van der Waals surface area (Å²) in [5.74, 6) is 2.40. The molecule has 0 bridgehead atoms. The number of rotatable bonds is 3. The van der Waals surface area contributed by atoms with Crippen LogP contribution in [0.5, 0.6) is 0 Å². The van der Waals surface area contributed by atoms with Crippen molar-refractivity contribution in [1.82, 2.24) is 19.7 Å². The summed E-state index contributed by atoms with van der Waals surface area (Å²) in [5.41, 5.74) is 0. The molecular weight excluding hydrogens is 352 g/mol. The van der Waals surface area contributed by atoms with Crippen LogP contribution in [0.1, 0.15) is 51.0 Å². The van der Waals surface area contributed by atoms with Gasteiger partial charge in [0.05, 0.1) is 0 Å². The highest BCUT2D eigenvalue weighted by atomic mass is 19.3. The number of anilines is 1. The predicted molar refractivity (Wildman–Crippen MR) is 95.3 cm³/mol. The van der Waals surface area contributed by atoms with Crippen molar-refractivity contribution in [2.24, 2.45) is 23.7 Å². The fraction of sp³-hybridized carbons (Fsp3) is 0.842. The van der Waals surface area contributed by atoms with E-state index in [9.17, 15) is 13.6 Å². The molecule has 1 amide bonds. The first-order valence-electron chi connectivity index (χ1n) is 10.4. The van der Waals surface area contributed by atoms with E-state index in [0.29, 0.717) is 36.7 Å². The van der Waals surface area contributed by atoms with Gasteiger partial charge in [-0.1, -0.05) is 12.8 Å². The Kier molecular flexibility index (Phi) is 4.31. The molecule has 5 rings (SSSR count). The number of carbonyl (C=O) groups excluding carboxylic acids is 1. The van der Waals surface area contributed by atoms with E-state index in [1.54, 1.807) is 0 Å². The quantitative estimate of drug-likeness (QED) is 0.877. The molecule has 3 heterocycles. The second-order valence-electron chi connectivity index (χ2n) is 8.74. The van der Waals surface area contributed by atoms with Crippen molar-refractivity contribution in [3.05, 3.63) is 6.33 Å². The second kappa shape index (κ2) is 6.71. The van der Waals surface area contributed by atoms with Crippen molar-refractivity contribution in [3.63, 3.8) is 0 Å². The van der Waals surface area contributed by atoms with Crippen molar-refractivity contribution in [1.29, 1.82) is 0 Å². The summed E-state index contributed by atoms with van der Waals surface area (Å²) in [6, 6.07) is -1.02. The normalized spacial score (nSPS) is 38.1. The van der Waals surface area contributed by atoms with Gasteiger partial charge in [0.25, 0.3) is 6.43 Å². The molecule has 1 saturated heterocycles. The molecule has 1 unspecified atom stereocenters. The van der Waals surface area contributed by atoms with E-state index < -0.39 is 12.5 Å². The van der Waals surface area contributed by atoms with Gasteiger partial charge in [0.15, 0.2) is 0 Å². The molecule has 2 aliphatic heterocycles. The van der Waals surface area contributed by atoms with Crippen LogP contribution in [-0.4, -0.2) is 51.1 Å². The molecular formula is C19H27F2N5O. The lowest BCUT2D eigenvalue weighted by molar-refractivity contribution is -0.135. The molecule has 0 aromatic carbocycles. The Hall–Kier alpha value is -1.73. The first-order valence-corrected chi connectivity index (χ1v) is 10.4. The first kappa shape index (κ1) is 17.4. The average molecular weight is 379 g/mol. The number of carbonyl (C=O) groups is 1. The molecule has 8 heteroatoms. The fourth-order valence-corrected chi connectivity index (χ4v) is 5.81. The summed E-state index contributed by atoms with van der Waals surface area (Å²) in [4.78, 5) is 19.2. The number of fused-ring (bicyclic) bond motifs is 2. The number of nitrogens with one attached hydrogen (secondary N) is 1. The molecule has 1 N–H and O–H groups in total. The minimum atomic E-state index is -2.47. The fourth-order valence-electron chi connectivity index (χ4n) is 5.81. The van der Waals surface area contributed by atoms with Crippen LogP contribution in [0.2, 0.25) is 0 Å². The standard InChI is InChI=1S/C19H27F2N5O/c20-17(21)15-8-14(24-19-22-10-23-26(15)19)11-4-3-7-25(9-11)18(27)16-12-5-1-2-6-13(12)16/h10-17H,1-9H2,(H,22,23,24)/t11-,12-,13+,14-,15+,16?/m0/s1. The van der Waals surface area contributed by atoms with Crippen LogP contribution in [0, 0.1) is 23.7 Å². The topological polar surface area (TPSA) is 63.1 Å². The van der Waals surface area contributed by atoms with Gasteiger partial charge in [-0.2, -0.15) is 10.1 Å². The van der Waals surface area contributed by atoms with Gasteiger partial charge < -0.3 is 10.2 Å². The Morgan fingerprint density at radius 1 is 1.19 bits per heavy atom. The predicted octanol–water partition coefficient (Wildman–Crippen LogP) is 2.94. The molecule has 2 aliphatic carbocycles. The minimum Gasteiger partial charge on any atom is -0.351 e. The van der Waals surface area contributed by atoms with Crippen LogP contribution in [0.25, 0.3) is 0 Å². The van der Waals surface area contributed by atoms with Crippen molar-refractivity contribution in [2.75, 3.05) is 18.4 Å². The van der Waals surface area contributed by atoms with Crippen LogP contribution >= 0.6 is 0 Å². The third-order valence-corrected chi connectivity index (χ3v) is 7.27. The Morgan fingerprint density at radius 3 is 2.70 bits per heavy atom. The lowest BCUT2D eigenvalue weighted by Crippen LogP contribution is -2.49. The smallest absolute Gasteiger partial charge is 0.260 e. The Balaban J connectivity index is 1.27. The zero-order chi connectivity index (χ0) is 18.5. The van der Waals surface area contributed by atoms with Gasteiger partial charge in [-0.15, -0.1) is 0 Å². The second-order valence-corrected chi connectivity index (χ2v) is 8.74. The first-order chi connectivity index (χ1) is 13.1. The van der Waals surface area contributed by atoms with Gasteiger partial charge in [-0.25, -0.2) is 13.5 Å². The molecule has 1 aromatic rings. The van der Waals surface area contributed by atoms with Crippen LogP contribution in [-0.2, 0) is 4.79 Å². The number of nitrogens with zero attached hydrogens (tertiary/aromatic N) is 4. The van der Waals surface area contributed by atoms with Gasteiger partial charge in [-0.3, -0.25) is 4.79 Å². The van der Waals surface area contributed by atoms with E-state index in [1.807, 2.05) is 4.90 Å². The van der Waals surface area contributed by atoms with Gasteiger partial charge in [-0.05, 0) is 49.9 Å². The molecule has 2 saturated carbocycles. The number of hydrogen-bond acceptors (Lipinski definition) is 4. The molecule has 3 fully saturated rings. The van der Waals surface area contributed by atoms with Crippen LogP contribution in [0.3, 0.4) is 0 Å². The molecule has 27 heavy (non-hydrogen) atoms. The van der Waals surface area contributed by atoms with E-state index in [0.717, 1.165) is 19.4 Å². The van der Waals surface area contributed by atoms with E-state index in [4.69, 9.17) is 0 Å². The van der Waals surface area contributed by atoms with Gasteiger partial charge in [0.1, 0.15) is 12.4 Å². The maximum absolute atomic E-state index is 13.5. The van der Waals surface area contributed by atoms with Gasteiger partial charge in [0, 0.05) is 25.0 Å².